The molecule has 5 heteroatoms. The Kier molecular flexibility index (Phi) is 4.05. The molecule has 5 heterocycles. The van der Waals surface area contributed by atoms with E-state index in [1.807, 2.05) is 0 Å². The summed E-state index contributed by atoms with van der Waals surface area (Å²) in [7, 11) is 0. The Balaban J connectivity index is 0.00000146. The monoisotopic (exact) mass is 345 g/mol. The zero-order valence-corrected chi connectivity index (χ0v) is 14.6. The minimum Gasteiger partial charge on any atom is -0.348 e. The van der Waals surface area contributed by atoms with Gasteiger partial charge >= 0.3 is 0 Å². The number of aromatic nitrogens is 1. The summed E-state index contributed by atoms with van der Waals surface area (Å²) in [4.78, 5) is 15.4. The highest BCUT2D eigenvalue weighted by atomic mass is 35.5. The average molecular weight is 346 g/mol. The molecule has 4 aliphatic rings. The number of amides is 1. The first-order valence-electron chi connectivity index (χ1n) is 8.93. The molecule has 0 radical (unpaired) electrons. The Morgan fingerprint density at radius 1 is 1.17 bits per heavy atom. The zero-order chi connectivity index (χ0) is 15.4. The molecule has 1 amide bonds. The van der Waals surface area contributed by atoms with Crippen LogP contribution in [0.15, 0.2) is 24.4 Å². The number of carbonyl (C=O) groups is 1. The molecule has 2 bridgehead atoms. The van der Waals surface area contributed by atoms with Crippen molar-refractivity contribution in [1.29, 1.82) is 0 Å². The summed E-state index contributed by atoms with van der Waals surface area (Å²) in [6, 6.07) is 6.73. The second-order valence-corrected chi connectivity index (χ2v) is 7.37. The lowest BCUT2D eigenvalue weighted by molar-refractivity contribution is 0.0621. The largest absolute Gasteiger partial charge is 0.348 e. The van der Waals surface area contributed by atoms with Crippen molar-refractivity contribution in [3.8, 4) is 0 Å². The van der Waals surface area contributed by atoms with E-state index < -0.39 is 0 Å². The summed E-state index contributed by atoms with van der Waals surface area (Å²) in [5.74, 6) is 0.787. The van der Waals surface area contributed by atoms with Crippen molar-refractivity contribution in [2.45, 2.75) is 38.3 Å². The standard InChI is InChI=1S/C19H23N3O.ClH/c23-19(20-17-12-21-9-6-13(17)7-10-21)16-11-22-8-2-4-14-3-1-5-15(16)18(14)22;/h1,3,5,11,13,17H,2,4,6-10,12H2,(H,20,23);1H. The number of rotatable bonds is 2. The van der Waals surface area contributed by atoms with Gasteiger partial charge in [0.25, 0.3) is 5.91 Å². The lowest BCUT2D eigenvalue weighted by Crippen LogP contribution is -2.57. The molecular formula is C19H24ClN3O. The average Bonchev–Trinajstić information content (AvgIpc) is 2.97. The molecule has 3 fully saturated rings. The number of fused-ring (bicyclic) bond motifs is 3. The summed E-state index contributed by atoms with van der Waals surface area (Å²) in [6.45, 7) is 4.47. The van der Waals surface area contributed by atoms with Gasteiger partial charge in [0, 0.05) is 30.7 Å². The summed E-state index contributed by atoms with van der Waals surface area (Å²) < 4.78 is 2.28. The van der Waals surface area contributed by atoms with Gasteiger partial charge in [0.05, 0.1) is 11.1 Å². The molecule has 2 aromatic rings. The van der Waals surface area contributed by atoms with Crippen molar-refractivity contribution in [2.75, 3.05) is 19.6 Å². The Morgan fingerprint density at radius 3 is 2.75 bits per heavy atom. The number of benzene rings is 1. The van der Waals surface area contributed by atoms with Crippen LogP contribution in [0.5, 0.6) is 0 Å². The highest BCUT2D eigenvalue weighted by Crippen LogP contribution is 2.31. The van der Waals surface area contributed by atoms with Gasteiger partial charge in [-0.1, -0.05) is 18.2 Å². The Labute approximate surface area is 148 Å². The maximum absolute atomic E-state index is 12.9. The van der Waals surface area contributed by atoms with Crippen LogP contribution in [0.25, 0.3) is 10.9 Å². The van der Waals surface area contributed by atoms with Crippen LogP contribution in [-0.4, -0.2) is 41.1 Å². The van der Waals surface area contributed by atoms with E-state index >= 15 is 0 Å². The van der Waals surface area contributed by atoms with E-state index in [2.05, 4.69) is 39.2 Å². The zero-order valence-electron chi connectivity index (χ0n) is 13.8. The molecule has 1 atom stereocenters. The molecular weight excluding hydrogens is 322 g/mol. The van der Waals surface area contributed by atoms with Crippen LogP contribution >= 0.6 is 12.4 Å². The molecule has 1 unspecified atom stereocenters. The summed E-state index contributed by atoms with van der Waals surface area (Å²) in [6.07, 6.45) is 6.83. The molecule has 3 saturated heterocycles. The van der Waals surface area contributed by atoms with E-state index in [1.54, 1.807) is 0 Å². The highest BCUT2D eigenvalue weighted by molar-refractivity contribution is 6.07. The van der Waals surface area contributed by atoms with Crippen molar-refractivity contribution >= 4 is 29.2 Å². The first-order chi connectivity index (χ1) is 11.3. The van der Waals surface area contributed by atoms with Crippen LogP contribution < -0.4 is 5.32 Å². The number of hydrogen-bond acceptors (Lipinski definition) is 2. The number of aryl methyl sites for hydroxylation is 2. The molecule has 0 spiro atoms. The first-order valence-corrected chi connectivity index (χ1v) is 8.93. The van der Waals surface area contributed by atoms with Crippen LogP contribution in [0.2, 0.25) is 0 Å². The van der Waals surface area contributed by atoms with Crippen molar-refractivity contribution in [3.63, 3.8) is 0 Å². The molecule has 128 valence electrons. The maximum Gasteiger partial charge on any atom is 0.253 e. The predicted molar refractivity (Wildman–Crippen MR) is 97.9 cm³/mol. The van der Waals surface area contributed by atoms with Gasteiger partial charge in [0.1, 0.15) is 0 Å². The number of piperidine rings is 3. The van der Waals surface area contributed by atoms with Crippen LogP contribution in [0, 0.1) is 5.92 Å². The second-order valence-electron chi connectivity index (χ2n) is 7.37. The van der Waals surface area contributed by atoms with Gasteiger partial charge in [0.2, 0.25) is 0 Å². The second kappa shape index (κ2) is 6.08. The van der Waals surface area contributed by atoms with E-state index in [1.165, 1.54) is 43.4 Å². The molecule has 0 aliphatic carbocycles. The third kappa shape index (κ3) is 2.44. The lowest BCUT2D eigenvalue weighted by atomic mass is 9.84. The van der Waals surface area contributed by atoms with Crippen LogP contribution in [0.4, 0.5) is 0 Å². The molecule has 4 nitrogen and oxygen atoms in total. The summed E-state index contributed by atoms with van der Waals surface area (Å²) >= 11 is 0. The topological polar surface area (TPSA) is 37.3 Å². The number of halogens is 1. The van der Waals surface area contributed by atoms with Crippen LogP contribution in [0.3, 0.4) is 0 Å². The Hall–Kier alpha value is -1.52. The number of hydrogen-bond donors (Lipinski definition) is 1. The highest BCUT2D eigenvalue weighted by Gasteiger charge is 2.35. The summed E-state index contributed by atoms with van der Waals surface area (Å²) in [5.41, 5.74) is 3.52. The fraction of sp³-hybridized carbons (Fsp3) is 0.526. The minimum absolute atomic E-state index is 0. The SMILES string of the molecule is Cl.O=C(NC1CN2CCC1CC2)c1cn2c3c(cccc13)CCC2. The van der Waals surface area contributed by atoms with Crippen molar-refractivity contribution < 1.29 is 4.79 Å². The van der Waals surface area contributed by atoms with Gasteiger partial charge in [0.15, 0.2) is 0 Å². The third-order valence-electron chi connectivity index (χ3n) is 6.04. The summed E-state index contributed by atoms with van der Waals surface area (Å²) in [5, 5.41) is 4.47. The van der Waals surface area contributed by atoms with E-state index in [0.717, 1.165) is 30.5 Å². The maximum atomic E-state index is 12.9. The predicted octanol–water partition coefficient (Wildman–Crippen LogP) is 2.83. The smallest absolute Gasteiger partial charge is 0.253 e. The number of nitrogens with zero attached hydrogens (tertiary/aromatic N) is 2. The number of nitrogens with one attached hydrogen (secondary N) is 1. The molecule has 0 saturated carbocycles. The Morgan fingerprint density at radius 2 is 2.00 bits per heavy atom. The van der Waals surface area contributed by atoms with Gasteiger partial charge in [-0.2, -0.15) is 0 Å². The normalized spacial score (nSPS) is 27.8. The van der Waals surface area contributed by atoms with Gasteiger partial charge in [-0.15, -0.1) is 12.4 Å². The van der Waals surface area contributed by atoms with Gasteiger partial charge in [-0.25, -0.2) is 0 Å². The van der Waals surface area contributed by atoms with E-state index in [0.29, 0.717) is 12.0 Å². The van der Waals surface area contributed by atoms with Gasteiger partial charge in [-0.3, -0.25) is 4.79 Å². The van der Waals surface area contributed by atoms with E-state index in [9.17, 15) is 4.79 Å². The van der Waals surface area contributed by atoms with E-state index in [4.69, 9.17) is 0 Å². The van der Waals surface area contributed by atoms with Crippen molar-refractivity contribution in [3.05, 3.63) is 35.5 Å². The Bertz CT molecular complexity index is 776. The van der Waals surface area contributed by atoms with Gasteiger partial charge < -0.3 is 14.8 Å². The fourth-order valence-electron chi connectivity index (χ4n) is 4.81. The fourth-order valence-corrected chi connectivity index (χ4v) is 4.81. The first kappa shape index (κ1) is 16.0. The molecule has 1 N–H and O–H groups in total. The number of para-hydroxylation sites is 1. The lowest BCUT2D eigenvalue weighted by Gasteiger charge is -2.44. The van der Waals surface area contributed by atoms with Gasteiger partial charge in [-0.05, 0) is 50.3 Å². The van der Waals surface area contributed by atoms with Crippen LogP contribution in [0.1, 0.15) is 35.2 Å². The molecule has 1 aromatic heterocycles. The third-order valence-corrected chi connectivity index (χ3v) is 6.04. The van der Waals surface area contributed by atoms with E-state index in [-0.39, 0.29) is 18.3 Å². The quantitative estimate of drug-likeness (QED) is 0.908. The van der Waals surface area contributed by atoms with Crippen molar-refractivity contribution in [1.82, 2.24) is 14.8 Å². The molecule has 1 aromatic carbocycles. The van der Waals surface area contributed by atoms with Crippen LogP contribution in [-0.2, 0) is 13.0 Å². The molecule has 24 heavy (non-hydrogen) atoms. The number of carbonyl (C=O) groups excluding carboxylic acids is 1. The minimum atomic E-state index is 0. The molecule has 6 rings (SSSR count). The molecule has 4 aliphatic heterocycles. The van der Waals surface area contributed by atoms with Crippen molar-refractivity contribution in [2.24, 2.45) is 5.92 Å².